The molecule has 0 bridgehead atoms. The highest BCUT2D eigenvalue weighted by atomic mass is 19.4. The van der Waals surface area contributed by atoms with Crippen molar-refractivity contribution in [3.63, 3.8) is 0 Å². The van der Waals surface area contributed by atoms with Gasteiger partial charge in [-0.15, -0.1) is 13.2 Å². The molecule has 0 saturated heterocycles. The number of nitrogens with two attached hydrogens (primary N) is 1. The van der Waals surface area contributed by atoms with Crippen LogP contribution < -0.4 is 10.5 Å². The lowest BCUT2D eigenvalue weighted by molar-refractivity contribution is -0.274. The van der Waals surface area contributed by atoms with Gasteiger partial charge in [0.1, 0.15) is 5.75 Å². The van der Waals surface area contributed by atoms with Gasteiger partial charge in [0, 0.05) is 19.8 Å². The Morgan fingerprint density at radius 2 is 1.83 bits per heavy atom. The first-order chi connectivity index (χ1) is 8.40. The zero-order valence-corrected chi connectivity index (χ0v) is 10.0. The van der Waals surface area contributed by atoms with Crippen molar-refractivity contribution in [1.29, 1.82) is 0 Å². The number of hydrogen-bond acceptors (Lipinski definition) is 3. The Morgan fingerprint density at radius 1 is 1.22 bits per heavy atom. The summed E-state index contributed by atoms with van der Waals surface area (Å²) < 4.78 is 44.5. The van der Waals surface area contributed by atoms with Crippen molar-refractivity contribution < 1.29 is 22.6 Å². The van der Waals surface area contributed by atoms with Gasteiger partial charge in [0.15, 0.2) is 0 Å². The van der Waals surface area contributed by atoms with Gasteiger partial charge in [-0.3, -0.25) is 0 Å². The molecule has 0 heterocycles. The fourth-order valence-electron chi connectivity index (χ4n) is 1.50. The van der Waals surface area contributed by atoms with Crippen molar-refractivity contribution in [3.05, 3.63) is 29.8 Å². The van der Waals surface area contributed by atoms with E-state index in [1.807, 2.05) is 0 Å². The summed E-state index contributed by atoms with van der Waals surface area (Å²) >= 11 is 0. The van der Waals surface area contributed by atoms with Crippen molar-refractivity contribution in [2.45, 2.75) is 25.2 Å². The Bertz CT molecular complexity index is 351. The Kier molecular flexibility index (Phi) is 5.43. The number of benzene rings is 1. The van der Waals surface area contributed by atoms with Gasteiger partial charge in [-0.1, -0.05) is 12.1 Å². The molecule has 0 fully saturated rings. The highest BCUT2D eigenvalue weighted by molar-refractivity contribution is 5.27. The summed E-state index contributed by atoms with van der Waals surface area (Å²) in [4.78, 5) is 0. The van der Waals surface area contributed by atoms with Crippen molar-refractivity contribution in [3.8, 4) is 5.75 Å². The third kappa shape index (κ3) is 5.88. The Balaban J connectivity index is 2.50. The molecule has 102 valence electrons. The molecule has 0 aliphatic heterocycles. The van der Waals surface area contributed by atoms with Crippen molar-refractivity contribution in [2.75, 3.05) is 13.7 Å². The van der Waals surface area contributed by atoms with E-state index in [0.29, 0.717) is 19.4 Å². The second-order valence-corrected chi connectivity index (χ2v) is 3.94. The average molecular weight is 263 g/mol. The lowest BCUT2D eigenvalue weighted by Crippen LogP contribution is -2.24. The normalized spacial score (nSPS) is 13.4. The minimum absolute atomic E-state index is 0.0701. The fourth-order valence-corrected chi connectivity index (χ4v) is 1.50. The standard InChI is InChI=1S/C12H16F3NO2/c1-17-7-6-10(16)8-9-2-4-11(5-3-9)18-12(13,14)15/h2-5,10H,6-8,16H2,1H3. The van der Waals surface area contributed by atoms with Crippen LogP contribution in [0.15, 0.2) is 24.3 Å². The summed E-state index contributed by atoms with van der Waals surface area (Å²) in [6.07, 6.45) is -3.36. The van der Waals surface area contributed by atoms with Crippen LogP contribution in [0.4, 0.5) is 13.2 Å². The van der Waals surface area contributed by atoms with Gasteiger partial charge < -0.3 is 15.2 Å². The first-order valence-electron chi connectivity index (χ1n) is 5.50. The number of methoxy groups -OCH3 is 1. The SMILES string of the molecule is COCCC(N)Cc1ccc(OC(F)(F)F)cc1. The highest BCUT2D eigenvalue weighted by Gasteiger charge is 2.30. The molecule has 1 aromatic rings. The third-order valence-corrected chi connectivity index (χ3v) is 2.35. The van der Waals surface area contributed by atoms with E-state index < -0.39 is 6.36 Å². The Hall–Kier alpha value is -1.27. The van der Waals surface area contributed by atoms with Gasteiger partial charge in [0.05, 0.1) is 0 Å². The van der Waals surface area contributed by atoms with Gasteiger partial charge in [-0.05, 0) is 30.5 Å². The van der Waals surface area contributed by atoms with Crippen LogP contribution in [-0.2, 0) is 11.2 Å². The largest absolute Gasteiger partial charge is 0.573 e. The van der Waals surface area contributed by atoms with E-state index in [1.54, 1.807) is 19.2 Å². The molecular formula is C12H16F3NO2. The smallest absolute Gasteiger partial charge is 0.406 e. The summed E-state index contributed by atoms with van der Waals surface area (Å²) in [6, 6.07) is 5.65. The maximum Gasteiger partial charge on any atom is 0.573 e. The maximum atomic E-state index is 11.9. The van der Waals surface area contributed by atoms with E-state index in [9.17, 15) is 13.2 Å². The molecule has 0 aliphatic carbocycles. The summed E-state index contributed by atoms with van der Waals surface area (Å²) in [5, 5.41) is 0. The summed E-state index contributed by atoms with van der Waals surface area (Å²) in [6.45, 7) is 0.566. The Labute approximate surface area is 104 Å². The molecule has 1 unspecified atom stereocenters. The van der Waals surface area contributed by atoms with Crippen LogP contribution in [0.25, 0.3) is 0 Å². The molecule has 1 atom stereocenters. The van der Waals surface area contributed by atoms with Gasteiger partial charge in [-0.25, -0.2) is 0 Å². The molecule has 2 N–H and O–H groups in total. The van der Waals surface area contributed by atoms with Crippen LogP contribution >= 0.6 is 0 Å². The molecule has 1 aromatic carbocycles. The van der Waals surface area contributed by atoms with Crippen molar-refractivity contribution in [2.24, 2.45) is 5.73 Å². The second-order valence-electron chi connectivity index (χ2n) is 3.94. The first kappa shape index (κ1) is 14.8. The number of alkyl halides is 3. The number of hydrogen-bond donors (Lipinski definition) is 1. The lowest BCUT2D eigenvalue weighted by Gasteiger charge is -2.12. The quantitative estimate of drug-likeness (QED) is 0.857. The molecule has 0 aromatic heterocycles. The topological polar surface area (TPSA) is 44.5 Å². The Morgan fingerprint density at radius 3 is 2.33 bits per heavy atom. The fraction of sp³-hybridized carbons (Fsp3) is 0.500. The van der Waals surface area contributed by atoms with Gasteiger partial charge in [0.2, 0.25) is 0 Å². The lowest BCUT2D eigenvalue weighted by atomic mass is 10.0. The molecule has 3 nitrogen and oxygen atoms in total. The second kappa shape index (κ2) is 6.61. The molecule has 18 heavy (non-hydrogen) atoms. The molecule has 0 aliphatic rings. The first-order valence-corrected chi connectivity index (χ1v) is 5.50. The van der Waals surface area contributed by atoms with Crippen LogP contribution in [0.5, 0.6) is 5.75 Å². The molecule has 0 spiro atoms. The average Bonchev–Trinajstić information content (AvgIpc) is 2.27. The summed E-state index contributed by atoms with van der Waals surface area (Å²) in [7, 11) is 1.59. The van der Waals surface area contributed by atoms with E-state index in [4.69, 9.17) is 10.5 Å². The predicted molar refractivity (Wildman–Crippen MR) is 61.3 cm³/mol. The zero-order valence-electron chi connectivity index (χ0n) is 10.0. The van der Waals surface area contributed by atoms with Crippen LogP contribution in [0, 0.1) is 0 Å². The molecular weight excluding hydrogens is 247 g/mol. The van der Waals surface area contributed by atoms with E-state index in [-0.39, 0.29) is 11.8 Å². The van der Waals surface area contributed by atoms with Crippen LogP contribution in [-0.4, -0.2) is 26.1 Å². The van der Waals surface area contributed by atoms with Gasteiger partial charge in [0.25, 0.3) is 0 Å². The molecule has 1 rings (SSSR count). The molecule has 0 radical (unpaired) electrons. The van der Waals surface area contributed by atoms with Crippen molar-refractivity contribution in [1.82, 2.24) is 0 Å². The summed E-state index contributed by atoms with van der Waals surface area (Å²) in [5.41, 5.74) is 6.71. The molecule has 0 amide bonds. The van der Waals surface area contributed by atoms with Crippen molar-refractivity contribution >= 4 is 0 Å². The maximum absolute atomic E-state index is 11.9. The van der Waals surface area contributed by atoms with E-state index in [0.717, 1.165) is 5.56 Å². The third-order valence-electron chi connectivity index (χ3n) is 2.35. The van der Waals surface area contributed by atoms with E-state index in [2.05, 4.69) is 4.74 Å². The minimum Gasteiger partial charge on any atom is -0.406 e. The zero-order chi connectivity index (χ0) is 13.6. The van der Waals surface area contributed by atoms with Gasteiger partial charge >= 0.3 is 6.36 Å². The monoisotopic (exact) mass is 263 g/mol. The predicted octanol–water partition coefficient (Wildman–Crippen LogP) is 2.49. The van der Waals surface area contributed by atoms with Crippen LogP contribution in [0.1, 0.15) is 12.0 Å². The minimum atomic E-state index is -4.66. The number of halogens is 3. The molecule has 6 heteroatoms. The number of rotatable bonds is 6. The number of ether oxygens (including phenoxy) is 2. The highest BCUT2D eigenvalue weighted by Crippen LogP contribution is 2.23. The van der Waals surface area contributed by atoms with Gasteiger partial charge in [-0.2, -0.15) is 0 Å². The molecule has 0 saturated carbocycles. The van der Waals surface area contributed by atoms with Crippen LogP contribution in [0.3, 0.4) is 0 Å². The van der Waals surface area contributed by atoms with E-state index >= 15 is 0 Å². The van der Waals surface area contributed by atoms with E-state index in [1.165, 1.54) is 12.1 Å². The summed E-state index contributed by atoms with van der Waals surface area (Å²) in [5.74, 6) is -0.225. The van der Waals surface area contributed by atoms with Crippen LogP contribution in [0.2, 0.25) is 0 Å².